The lowest BCUT2D eigenvalue weighted by molar-refractivity contribution is 0.00643. The normalized spacial score (nSPS) is 18.4. The molecule has 8 nitrogen and oxygen atoms in total. The second-order valence-corrected chi connectivity index (χ2v) is 8.58. The fraction of sp³-hybridized carbons (Fsp3) is 0.368. The van der Waals surface area contributed by atoms with E-state index in [-0.39, 0.29) is 17.7 Å². The Morgan fingerprint density at radius 1 is 1.25 bits per heavy atom. The van der Waals surface area contributed by atoms with Gasteiger partial charge in [-0.2, -0.15) is 4.31 Å². The molecule has 0 bridgehead atoms. The Bertz CT molecular complexity index is 1030. The molecule has 0 aromatic carbocycles. The van der Waals surface area contributed by atoms with Gasteiger partial charge in [0, 0.05) is 25.4 Å². The van der Waals surface area contributed by atoms with Crippen LogP contribution in [0.2, 0.25) is 0 Å². The van der Waals surface area contributed by atoms with Gasteiger partial charge in [0.25, 0.3) is 10.0 Å². The summed E-state index contributed by atoms with van der Waals surface area (Å²) in [6.45, 7) is 2.86. The van der Waals surface area contributed by atoms with E-state index in [1.54, 1.807) is 25.3 Å². The topological polar surface area (TPSA) is 98.7 Å². The van der Waals surface area contributed by atoms with Crippen LogP contribution in [0.1, 0.15) is 24.2 Å². The average Bonchev–Trinajstić information content (AvgIpc) is 3.37. The van der Waals surface area contributed by atoms with Crippen molar-refractivity contribution in [2.45, 2.75) is 37.6 Å². The third-order valence-electron chi connectivity index (χ3n) is 4.58. The molecule has 0 radical (unpaired) electrons. The van der Waals surface area contributed by atoms with Crippen LogP contribution in [0.15, 0.2) is 56.6 Å². The zero-order valence-corrected chi connectivity index (χ0v) is 16.3. The number of rotatable bonds is 6. The number of aryl methyl sites for hydroxylation is 1. The zero-order valence-electron chi connectivity index (χ0n) is 15.4. The molecular formula is C19H21N3O5S. The third-order valence-corrected chi connectivity index (χ3v) is 6.32. The van der Waals surface area contributed by atoms with Gasteiger partial charge in [0.2, 0.25) is 10.9 Å². The lowest BCUT2D eigenvalue weighted by Gasteiger charge is -2.31. The van der Waals surface area contributed by atoms with Crippen molar-refractivity contribution in [3.63, 3.8) is 0 Å². The van der Waals surface area contributed by atoms with Crippen molar-refractivity contribution in [2.24, 2.45) is 0 Å². The van der Waals surface area contributed by atoms with E-state index in [9.17, 15) is 8.42 Å². The Morgan fingerprint density at radius 2 is 2.14 bits per heavy atom. The highest BCUT2D eigenvalue weighted by atomic mass is 32.2. The Balaban J connectivity index is 1.44. The van der Waals surface area contributed by atoms with Crippen LogP contribution in [0, 0.1) is 6.92 Å². The van der Waals surface area contributed by atoms with Gasteiger partial charge >= 0.3 is 0 Å². The molecule has 3 aromatic heterocycles. The first-order valence-corrected chi connectivity index (χ1v) is 10.5. The first kappa shape index (κ1) is 18.9. The van der Waals surface area contributed by atoms with Gasteiger partial charge in [-0.25, -0.2) is 8.42 Å². The van der Waals surface area contributed by atoms with Crippen LogP contribution in [0.5, 0.6) is 0 Å². The lowest BCUT2D eigenvalue weighted by Crippen LogP contribution is -2.43. The van der Waals surface area contributed by atoms with Crippen molar-refractivity contribution in [2.75, 3.05) is 13.1 Å². The van der Waals surface area contributed by atoms with Gasteiger partial charge in [-0.1, -0.05) is 11.2 Å². The molecule has 1 aliphatic rings. The summed E-state index contributed by atoms with van der Waals surface area (Å²) in [6.07, 6.45) is 3.05. The minimum absolute atomic E-state index is 0.109. The van der Waals surface area contributed by atoms with Crippen molar-refractivity contribution in [3.05, 3.63) is 54.0 Å². The fourth-order valence-electron chi connectivity index (χ4n) is 3.14. The number of sulfonamides is 1. The maximum Gasteiger partial charge on any atom is 0.276 e. The Labute approximate surface area is 163 Å². The van der Waals surface area contributed by atoms with Crippen molar-refractivity contribution in [1.29, 1.82) is 0 Å². The highest BCUT2D eigenvalue weighted by molar-refractivity contribution is 7.89. The first-order valence-electron chi connectivity index (χ1n) is 9.07. The number of furan rings is 1. The summed E-state index contributed by atoms with van der Waals surface area (Å²) in [5.41, 5.74) is 1.51. The van der Waals surface area contributed by atoms with E-state index in [4.69, 9.17) is 13.7 Å². The quantitative estimate of drug-likeness (QED) is 0.624. The molecule has 0 saturated carbocycles. The van der Waals surface area contributed by atoms with Crippen molar-refractivity contribution >= 4 is 10.0 Å². The van der Waals surface area contributed by atoms with Crippen molar-refractivity contribution in [1.82, 2.24) is 14.4 Å². The molecule has 148 valence electrons. The van der Waals surface area contributed by atoms with Crippen LogP contribution in [0.25, 0.3) is 11.5 Å². The van der Waals surface area contributed by atoms with Crippen LogP contribution in [-0.4, -0.2) is 42.1 Å². The molecule has 1 unspecified atom stereocenters. The van der Waals surface area contributed by atoms with Crippen molar-refractivity contribution < 1.29 is 22.1 Å². The number of nitrogens with zero attached hydrogens (tertiary/aromatic N) is 3. The van der Waals surface area contributed by atoms with E-state index in [1.165, 1.54) is 10.4 Å². The second-order valence-electron chi connectivity index (χ2n) is 6.71. The predicted octanol–water partition coefficient (Wildman–Crippen LogP) is 3.01. The summed E-state index contributed by atoms with van der Waals surface area (Å²) >= 11 is 0. The summed E-state index contributed by atoms with van der Waals surface area (Å²) in [5.74, 6) is 0.730. The van der Waals surface area contributed by atoms with Gasteiger partial charge in [0.15, 0.2) is 5.76 Å². The van der Waals surface area contributed by atoms with Crippen LogP contribution >= 0.6 is 0 Å². The van der Waals surface area contributed by atoms with Gasteiger partial charge in [-0.15, -0.1) is 0 Å². The largest absolute Gasteiger partial charge is 0.440 e. The predicted molar refractivity (Wildman–Crippen MR) is 99.7 cm³/mol. The van der Waals surface area contributed by atoms with Crippen LogP contribution in [-0.2, 0) is 21.4 Å². The fourth-order valence-corrected chi connectivity index (χ4v) is 4.57. The molecule has 0 N–H and O–H groups in total. The SMILES string of the molecule is Cc1cc(-c2ccc(S(=O)(=O)N3CCCC(OCc4ccccn4)C3)o2)on1. The van der Waals surface area contributed by atoms with Gasteiger partial charge in [0.05, 0.1) is 24.1 Å². The molecule has 1 atom stereocenters. The molecule has 1 saturated heterocycles. The number of hydrogen-bond acceptors (Lipinski definition) is 7. The number of hydrogen-bond donors (Lipinski definition) is 0. The first-order chi connectivity index (χ1) is 13.5. The monoisotopic (exact) mass is 403 g/mol. The smallest absolute Gasteiger partial charge is 0.276 e. The number of ether oxygens (including phenoxy) is 1. The molecule has 3 aromatic rings. The van der Waals surface area contributed by atoms with E-state index >= 15 is 0 Å². The molecule has 4 rings (SSSR count). The van der Waals surface area contributed by atoms with E-state index in [1.807, 2.05) is 18.2 Å². The molecule has 28 heavy (non-hydrogen) atoms. The standard InChI is InChI=1S/C19H21N3O5S/c1-14-11-18(27-21-14)17-7-8-19(26-17)28(23,24)22-10-4-6-16(12-22)25-13-15-5-2-3-9-20-15/h2-3,5,7-9,11,16H,4,6,10,12-13H2,1H3. The van der Waals surface area contributed by atoms with Crippen LogP contribution in [0.3, 0.4) is 0 Å². The van der Waals surface area contributed by atoms with Gasteiger partial charge in [0.1, 0.15) is 0 Å². The minimum Gasteiger partial charge on any atom is -0.440 e. The summed E-state index contributed by atoms with van der Waals surface area (Å²) in [4.78, 5) is 4.23. The van der Waals surface area contributed by atoms with E-state index in [0.717, 1.165) is 18.5 Å². The lowest BCUT2D eigenvalue weighted by atomic mass is 10.1. The molecule has 9 heteroatoms. The maximum atomic E-state index is 13.0. The van der Waals surface area contributed by atoms with Gasteiger partial charge < -0.3 is 13.7 Å². The third kappa shape index (κ3) is 4.01. The Kier molecular flexibility index (Phi) is 5.29. The van der Waals surface area contributed by atoms with Crippen LogP contribution in [0.4, 0.5) is 0 Å². The molecule has 1 fully saturated rings. The number of pyridine rings is 1. The highest BCUT2D eigenvalue weighted by Gasteiger charge is 2.33. The average molecular weight is 403 g/mol. The molecule has 0 spiro atoms. The summed E-state index contributed by atoms with van der Waals surface area (Å²) < 4.78 is 43.9. The minimum atomic E-state index is -3.75. The summed E-state index contributed by atoms with van der Waals surface area (Å²) in [5, 5.41) is 3.68. The van der Waals surface area contributed by atoms with Crippen molar-refractivity contribution in [3.8, 4) is 11.5 Å². The Hall–Kier alpha value is -2.49. The summed E-state index contributed by atoms with van der Waals surface area (Å²) in [6, 6.07) is 10.3. The van der Waals surface area contributed by atoms with Gasteiger partial charge in [-0.05, 0) is 44.0 Å². The zero-order chi connectivity index (χ0) is 19.6. The maximum absolute atomic E-state index is 13.0. The van der Waals surface area contributed by atoms with E-state index < -0.39 is 10.0 Å². The number of piperidine rings is 1. The van der Waals surface area contributed by atoms with E-state index in [0.29, 0.717) is 30.4 Å². The van der Waals surface area contributed by atoms with Crippen LogP contribution < -0.4 is 0 Å². The molecule has 0 aliphatic carbocycles. The molecule has 1 aliphatic heterocycles. The summed E-state index contributed by atoms with van der Waals surface area (Å²) in [7, 11) is -3.75. The highest BCUT2D eigenvalue weighted by Crippen LogP contribution is 2.28. The Morgan fingerprint density at radius 3 is 2.89 bits per heavy atom. The second kappa shape index (κ2) is 7.86. The molecule has 0 amide bonds. The van der Waals surface area contributed by atoms with Gasteiger partial charge in [-0.3, -0.25) is 4.98 Å². The number of aromatic nitrogens is 2. The molecular weight excluding hydrogens is 382 g/mol. The molecule has 4 heterocycles. The van der Waals surface area contributed by atoms with E-state index in [2.05, 4.69) is 10.1 Å².